The van der Waals surface area contributed by atoms with Crippen molar-refractivity contribution >= 4 is 11.6 Å². The van der Waals surface area contributed by atoms with E-state index in [1.165, 1.54) is 5.56 Å². The zero-order valence-electron chi connectivity index (χ0n) is 13.9. The van der Waals surface area contributed by atoms with Gasteiger partial charge in [-0.2, -0.15) is 0 Å². The number of nitrogens with one attached hydrogen (secondary N) is 1. The van der Waals surface area contributed by atoms with Crippen LogP contribution in [-0.2, 0) is 13.2 Å². The number of rotatable bonds is 8. The molecule has 0 unspecified atom stereocenters. The van der Waals surface area contributed by atoms with Crippen molar-refractivity contribution in [1.82, 2.24) is 5.32 Å². The summed E-state index contributed by atoms with van der Waals surface area (Å²) in [5.74, 6) is 1.46. The Hall–Kier alpha value is -1.71. The third kappa shape index (κ3) is 5.15. The van der Waals surface area contributed by atoms with Gasteiger partial charge in [-0.3, -0.25) is 0 Å². The number of methoxy groups -OCH3 is 1. The molecule has 2 rings (SSSR count). The largest absolute Gasteiger partial charge is 0.493 e. The van der Waals surface area contributed by atoms with Crippen LogP contribution in [0.1, 0.15) is 31.4 Å². The van der Waals surface area contributed by atoms with Gasteiger partial charge in [-0.25, -0.2) is 0 Å². The lowest BCUT2D eigenvalue weighted by Gasteiger charge is -2.15. The van der Waals surface area contributed by atoms with Crippen LogP contribution in [-0.4, -0.2) is 13.2 Å². The Balaban J connectivity index is 2.03. The van der Waals surface area contributed by atoms with Crippen molar-refractivity contribution in [3.63, 3.8) is 0 Å². The first-order valence-electron chi connectivity index (χ1n) is 7.90. The molecule has 0 aliphatic carbocycles. The SMILES string of the molecule is CC[C@@H](C)NCc1ccc(OCc2ccccc2Cl)c(OC)c1. The Labute approximate surface area is 143 Å². The Morgan fingerprint density at radius 3 is 2.61 bits per heavy atom. The number of hydrogen-bond acceptors (Lipinski definition) is 3. The van der Waals surface area contributed by atoms with E-state index in [9.17, 15) is 0 Å². The van der Waals surface area contributed by atoms with Gasteiger partial charge in [0, 0.05) is 23.2 Å². The summed E-state index contributed by atoms with van der Waals surface area (Å²) < 4.78 is 11.3. The minimum atomic E-state index is 0.417. The van der Waals surface area contributed by atoms with Crippen LogP contribution in [0.3, 0.4) is 0 Å². The van der Waals surface area contributed by atoms with Gasteiger partial charge in [-0.1, -0.05) is 42.8 Å². The quantitative estimate of drug-likeness (QED) is 0.751. The summed E-state index contributed by atoms with van der Waals surface area (Å²) >= 11 is 6.15. The predicted octanol–water partition coefficient (Wildman–Crippen LogP) is 4.82. The maximum atomic E-state index is 6.15. The smallest absolute Gasteiger partial charge is 0.161 e. The second-order valence-corrected chi connectivity index (χ2v) is 5.96. The Morgan fingerprint density at radius 2 is 1.91 bits per heavy atom. The minimum Gasteiger partial charge on any atom is -0.493 e. The summed E-state index contributed by atoms with van der Waals surface area (Å²) in [5.41, 5.74) is 2.13. The third-order valence-electron chi connectivity index (χ3n) is 3.84. The molecule has 0 heterocycles. The van der Waals surface area contributed by atoms with E-state index in [4.69, 9.17) is 21.1 Å². The average molecular weight is 334 g/mol. The monoisotopic (exact) mass is 333 g/mol. The first kappa shape index (κ1) is 17.6. The molecule has 0 saturated heterocycles. The molecular weight excluding hydrogens is 310 g/mol. The van der Waals surface area contributed by atoms with Crippen molar-refractivity contribution in [1.29, 1.82) is 0 Å². The summed E-state index contributed by atoms with van der Waals surface area (Å²) in [6.07, 6.45) is 1.11. The normalized spacial score (nSPS) is 12.0. The van der Waals surface area contributed by atoms with E-state index in [0.29, 0.717) is 17.7 Å². The van der Waals surface area contributed by atoms with E-state index in [-0.39, 0.29) is 0 Å². The van der Waals surface area contributed by atoms with Gasteiger partial charge in [-0.15, -0.1) is 0 Å². The molecule has 2 aromatic carbocycles. The standard InChI is InChI=1S/C19H24ClNO2/c1-4-14(2)21-12-15-9-10-18(19(11-15)22-3)23-13-16-7-5-6-8-17(16)20/h5-11,14,21H,4,12-13H2,1-3H3/t14-/m1/s1. The molecule has 0 bridgehead atoms. The van der Waals surface area contributed by atoms with E-state index in [1.807, 2.05) is 36.4 Å². The van der Waals surface area contributed by atoms with Gasteiger partial charge in [0.25, 0.3) is 0 Å². The zero-order chi connectivity index (χ0) is 16.7. The van der Waals surface area contributed by atoms with Crippen LogP contribution < -0.4 is 14.8 Å². The highest BCUT2D eigenvalue weighted by atomic mass is 35.5. The Bertz CT molecular complexity index is 631. The molecule has 0 fully saturated rings. The summed E-state index contributed by atoms with van der Waals surface area (Å²) in [6.45, 7) is 5.58. The molecule has 23 heavy (non-hydrogen) atoms. The van der Waals surface area contributed by atoms with Gasteiger partial charge >= 0.3 is 0 Å². The fourth-order valence-electron chi connectivity index (χ4n) is 2.15. The number of benzene rings is 2. The first-order chi connectivity index (χ1) is 11.1. The highest BCUT2D eigenvalue weighted by Gasteiger charge is 2.08. The summed E-state index contributed by atoms with van der Waals surface area (Å²) in [5, 5.41) is 4.18. The highest BCUT2D eigenvalue weighted by Crippen LogP contribution is 2.29. The number of ether oxygens (including phenoxy) is 2. The minimum absolute atomic E-state index is 0.417. The first-order valence-corrected chi connectivity index (χ1v) is 8.28. The van der Waals surface area contributed by atoms with Gasteiger partial charge in [0.15, 0.2) is 11.5 Å². The van der Waals surface area contributed by atoms with Crippen LogP contribution in [0, 0.1) is 0 Å². The van der Waals surface area contributed by atoms with Gasteiger partial charge in [-0.05, 0) is 37.1 Å². The third-order valence-corrected chi connectivity index (χ3v) is 4.20. The van der Waals surface area contributed by atoms with Gasteiger partial charge in [0.05, 0.1) is 7.11 Å². The van der Waals surface area contributed by atoms with Crippen LogP contribution in [0.4, 0.5) is 0 Å². The summed E-state index contributed by atoms with van der Waals surface area (Å²) in [7, 11) is 1.66. The van der Waals surface area contributed by atoms with Crippen LogP contribution in [0.15, 0.2) is 42.5 Å². The van der Waals surface area contributed by atoms with E-state index in [0.717, 1.165) is 30.0 Å². The van der Waals surface area contributed by atoms with Gasteiger partial charge in [0.1, 0.15) is 6.61 Å². The maximum Gasteiger partial charge on any atom is 0.161 e. The molecule has 0 aliphatic rings. The van der Waals surface area contributed by atoms with Gasteiger partial charge in [0.2, 0.25) is 0 Å². The molecule has 1 N–H and O–H groups in total. The molecule has 0 spiro atoms. The van der Waals surface area contributed by atoms with Crippen molar-refractivity contribution in [3.8, 4) is 11.5 Å². The zero-order valence-corrected chi connectivity index (χ0v) is 14.7. The highest BCUT2D eigenvalue weighted by molar-refractivity contribution is 6.31. The fourth-order valence-corrected chi connectivity index (χ4v) is 2.34. The summed E-state index contributed by atoms with van der Waals surface area (Å²) in [6, 6.07) is 14.2. The average Bonchev–Trinajstić information content (AvgIpc) is 2.59. The van der Waals surface area contributed by atoms with Crippen LogP contribution in [0.2, 0.25) is 5.02 Å². The Kier molecular flexibility index (Phi) is 6.75. The second-order valence-electron chi connectivity index (χ2n) is 5.56. The Morgan fingerprint density at radius 1 is 1.13 bits per heavy atom. The van der Waals surface area contributed by atoms with Crippen molar-refractivity contribution in [2.24, 2.45) is 0 Å². The molecular formula is C19H24ClNO2. The molecule has 124 valence electrons. The lowest BCUT2D eigenvalue weighted by molar-refractivity contribution is 0.284. The lowest BCUT2D eigenvalue weighted by atomic mass is 10.1. The molecule has 4 heteroatoms. The molecule has 0 aromatic heterocycles. The molecule has 0 saturated carbocycles. The van der Waals surface area contributed by atoms with E-state index >= 15 is 0 Å². The number of halogens is 1. The fraction of sp³-hybridized carbons (Fsp3) is 0.368. The lowest BCUT2D eigenvalue weighted by Crippen LogP contribution is -2.24. The maximum absolute atomic E-state index is 6.15. The van der Waals surface area contributed by atoms with Crippen molar-refractivity contribution in [2.45, 2.75) is 39.5 Å². The van der Waals surface area contributed by atoms with E-state index < -0.39 is 0 Å². The molecule has 0 radical (unpaired) electrons. The molecule has 0 aliphatic heterocycles. The molecule has 0 amide bonds. The van der Waals surface area contributed by atoms with Crippen molar-refractivity contribution in [2.75, 3.05) is 7.11 Å². The van der Waals surface area contributed by atoms with E-state index in [2.05, 4.69) is 25.2 Å². The van der Waals surface area contributed by atoms with Gasteiger partial charge < -0.3 is 14.8 Å². The van der Waals surface area contributed by atoms with Crippen molar-refractivity contribution < 1.29 is 9.47 Å². The van der Waals surface area contributed by atoms with Crippen LogP contribution in [0.25, 0.3) is 0 Å². The van der Waals surface area contributed by atoms with Crippen LogP contribution in [0.5, 0.6) is 11.5 Å². The molecule has 2 aromatic rings. The van der Waals surface area contributed by atoms with E-state index in [1.54, 1.807) is 7.11 Å². The van der Waals surface area contributed by atoms with Crippen molar-refractivity contribution in [3.05, 3.63) is 58.6 Å². The topological polar surface area (TPSA) is 30.5 Å². The van der Waals surface area contributed by atoms with Crippen LogP contribution >= 0.6 is 11.6 Å². The predicted molar refractivity (Wildman–Crippen MR) is 95.4 cm³/mol. The number of hydrogen-bond donors (Lipinski definition) is 1. The second kappa shape index (κ2) is 8.80. The summed E-state index contributed by atoms with van der Waals surface area (Å²) in [4.78, 5) is 0. The molecule has 3 nitrogen and oxygen atoms in total. The molecule has 1 atom stereocenters.